The molecule has 0 spiro atoms. The Kier molecular flexibility index (Phi) is 5.77. The molecule has 0 aliphatic heterocycles. The summed E-state index contributed by atoms with van der Waals surface area (Å²) in [4.78, 5) is 14.1. The number of nitrogens with two attached hydrogens (primary N) is 1. The second-order valence-electron chi connectivity index (χ2n) is 5.50. The van der Waals surface area contributed by atoms with Crippen LogP contribution in [0.2, 0.25) is 5.02 Å². The molecule has 0 radical (unpaired) electrons. The van der Waals surface area contributed by atoms with Crippen LogP contribution in [-0.4, -0.2) is 29.4 Å². The predicted octanol–water partition coefficient (Wildman–Crippen LogP) is 1.89. The molecule has 0 aliphatic carbocycles. The Morgan fingerprint density at radius 1 is 1.60 bits per heavy atom. The van der Waals surface area contributed by atoms with Gasteiger partial charge in [-0.25, -0.2) is 4.68 Å². The molecule has 0 saturated heterocycles. The van der Waals surface area contributed by atoms with Crippen molar-refractivity contribution in [3.05, 3.63) is 34.2 Å². The molecule has 112 valence electrons. The molecule has 0 bridgehead atoms. The van der Waals surface area contributed by atoms with Crippen molar-refractivity contribution < 1.29 is 0 Å². The van der Waals surface area contributed by atoms with Crippen molar-refractivity contribution in [1.29, 1.82) is 0 Å². The summed E-state index contributed by atoms with van der Waals surface area (Å²) in [5.41, 5.74) is 6.06. The third-order valence-electron chi connectivity index (χ3n) is 3.16. The predicted molar refractivity (Wildman–Crippen MR) is 84.4 cm³/mol. The van der Waals surface area contributed by atoms with E-state index in [9.17, 15) is 4.79 Å². The van der Waals surface area contributed by atoms with Crippen LogP contribution in [0.25, 0.3) is 0 Å². The van der Waals surface area contributed by atoms with Gasteiger partial charge in [0.25, 0.3) is 5.56 Å². The van der Waals surface area contributed by atoms with Crippen LogP contribution in [0.4, 0.5) is 5.69 Å². The van der Waals surface area contributed by atoms with Crippen molar-refractivity contribution in [1.82, 2.24) is 9.78 Å². The van der Waals surface area contributed by atoms with Gasteiger partial charge in [0.1, 0.15) is 5.02 Å². The smallest absolute Gasteiger partial charge is 0.287 e. The Hall–Kier alpha value is -1.33. The molecule has 0 unspecified atom stereocenters. The molecule has 0 atom stereocenters. The zero-order valence-corrected chi connectivity index (χ0v) is 13.2. The van der Waals surface area contributed by atoms with Crippen molar-refractivity contribution in [2.75, 3.05) is 24.5 Å². The van der Waals surface area contributed by atoms with Crippen LogP contribution in [0.5, 0.6) is 0 Å². The molecule has 20 heavy (non-hydrogen) atoms. The standard InChI is InChI=1S/C14H23ClN4O/c1-5-7-19-13(20)12(15)11(8-17-19)18(6-2)10-14(3,4)9-16/h5,8H,1,6-7,9-10,16H2,2-4H3. The van der Waals surface area contributed by atoms with Crippen molar-refractivity contribution in [2.45, 2.75) is 27.3 Å². The molecule has 2 N–H and O–H groups in total. The Bertz CT molecular complexity index is 524. The first kappa shape index (κ1) is 16.7. The molecule has 0 fully saturated rings. The largest absolute Gasteiger partial charge is 0.369 e. The minimum Gasteiger partial charge on any atom is -0.369 e. The first-order valence-electron chi connectivity index (χ1n) is 6.67. The number of rotatable bonds is 7. The minimum atomic E-state index is -0.298. The Morgan fingerprint density at radius 3 is 2.75 bits per heavy atom. The second kappa shape index (κ2) is 6.90. The van der Waals surface area contributed by atoms with Gasteiger partial charge in [0.2, 0.25) is 0 Å². The van der Waals surface area contributed by atoms with E-state index in [1.807, 2.05) is 11.8 Å². The fourth-order valence-electron chi connectivity index (χ4n) is 1.88. The van der Waals surface area contributed by atoms with Gasteiger partial charge in [-0.2, -0.15) is 5.10 Å². The number of allylic oxidation sites excluding steroid dienone is 1. The highest BCUT2D eigenvalue weighted by molar-refractivity contribution is 6.33. The molecule has 1 heterocycles. The third kappa shape index (κ3) is 3.84. The van der Waals surface area contributed by atoms with E-state index in [0.717, 1.165) is 6.54 Å². The molecule has 6 heteroatoms. The summed E-state index contributed by atoms with van der Waals surface area (Å²) in [5.74, 6) is 0. The average molecular weight is 299 g/mol. The van der Waals surface area contributed by atoms with Gasteiger partial charge in [0.05, 0.1) is 18.4 Å². The number of nitrogens with zero attached hydrogens (tertiary/aromatic N) is 3. The lowest BCUT2D eigenvalue weighted by atomic mass is 9.93. The topological polar surface area (TPSA) is 64.2 Å². The van der Waals surface area contributed by atoms with Crippen LogP contribution in [0.15, 0.2) is 23.6 Å². The Morgan fingerprint density at radius 2 is 2.25 bits per heavy atom. The average Bonchev–Trinajstić information content (AvgIpc) is 2.42. The van der Waals surface area contributed by atoms with Gasteiger partial charge < -0.3 is 10.6 Å². The zero-order valence-electron chi connectivity index (χ0n) is 12.4. The van der Waals surface area contributed by atoms with Crippen LogP contribution in [0.1, 0.15) is 20.8 Å². The molecule has 0 saturated carbocycles. The quantitative estimate of drug-likeness (QED) is 0.781. The first-order chi connectivity index (χ1) is 9.36. The highest BCUT2D eigenvalue weighted by Crippen LogP contribution is 2.25. The van der Waals surface area contributed by atoms with Crippen LogP contribution in [0.3, 0.4) is 0 Å². The maximum atomic E-state index is 12.1. The van der Waals surface area contributed by atoms with Crippen LogP contribution >= 0.6 is 11.6 Å². The molecule has 0 aliphatic rings. The van der Waals surface area contributed by atoms with Gasteiger partial charge in [0, 0.05) is 13.1 Å². The summed E-state index contributed by atoms with van der Waals surface area (Å²) in [6.07, 6.45) is 3.24. The van der Waals surface area contributed by atoms with E-state index in [1.165, 1.54) is 4.68 Å². The summed E-state index contributed by atoms with van der Waals surface area (Å²) < 4.78 is 1.29. The van der Waals surface area contributed by atoms with Crippen LogP contribution < -0.4 is 16.2 Å². The van der Waals surface area contributed by atoms with Crippen molar-refractivity contribution in [3.63, 3.8) is 0 Å². The number of halogens is 1. The highest BCUT2D eigenvalue weighted by atomic mass is 35.5. The second-order valence-corrected chi connectivity index (χ2v) is 5.88. The van der Waals surface area contributed by atoms with Gasteiger partial charge in [-0.15, -0.1) is 6.58 Å². The summed E-state index contributed by atoms with van der Waals surface area (Å²) in [6.45, 7) is 12.1. The molecule has 0 amide bonds. The fourth-order valence-corrected chi connectivity index (χ4v) is 2.14. The lowest BCUT2D eigenvalue weighted by Crippen LogP contribution is -2.40. The minimum absolute atomic E-state index is 0.0602. The van der Waals surface area contributed by atoms with Crippen LogP contribution in [0, 0.1) is 5.41 Å². The lowest BCUT2D eigenvalue weighted by molar-refractivity contribution is 0.379. The van der Waals surface area contributed by atoms with Gasteiger partial charge in [0.15, 0.2) is 0 Å². The number of anilines is 1. The van der Waals surface area contributed by atoms with Gasteiger partial charge >= 0.3 is 0 Å². The summed E-state index contributed by atoms with van der Waals surface area (Å²) in [7, 11) is 0. The molecule has 1 aromatic heterocycles. The molecular formula is C14H23ClN4O. The molecule has 1 aromatic rings. The van der Waals surface area contributed by atoms with Gasteiger partial charge in [-0.05, 0) is 18.9 Å². The van der Waals surface area contributed by atoms with E-state index in [2.05, 4.69) is 25.5 Å². The van der Waals surface area contributed by atoms with Gasteiger partial charge in [-0.3, -0.25) is 4.79 Å². The summed E-state index contributed by atoms with van der Waals surface area (Å²) >= 11 is 6.20. The maximum Gasteiger partial charge on any atom is 0.287 e. The molecular weight excluding hydrogens is 276 g/mol. The number of aromatic nitrogens is 2. The molecule has 1 rings (SSSR count). The highest BCUT2D eigenvalue weighted by Gasteiger charge is 2.22. The lowest BCUT2D eigenvalue weighted by Gasteiger charge is -2.32. The normalized spacial score (nSPS) is 11.4. The van der Waals surface area contributed by atoms with E-state index in [1.54, 1.807) is 12.3 Å². The number of hydrogen-bond donors (Lipinski definition) is 1. The Balaban J connectivity index is 3.14. The molecule has 5 nitrogen and oxygen atoms in total. The van der Waals surface area contributed by atoms with E-state index < -0.39 is 0 Å². The summed E-state index contributed by atoms with van der Waals surface area (Å²) in [6, 6.07) is 0. The van der Waals surface area contributed by atoms with Crippen molar-refractivity contribution in [3.8, 4) is 0 Å². The van der Waals surface area contributed by atoms with E-state index in [-0.39, 0.29) is 16.0 Å². The maximum absolute atomic E-state index is 12.1. The summed E-state index contributed by atoms with van der Waals surface area (Å²) in [5, 5.41) is 4.32. The fraction of sp³-hybridized carbons (Fsp3) is 0.571. The zero-order chi connectivity index (χ0) is 15.3. The monoisotopic (exact) mass is 298 g/mol. The van der Waals surface area contributed by atoms with Gasteiger partial charge in [-0.1, -0.05) is 31.5 Å². The SMILES string of the molecule is C=CCn1ncc(N(CC)CC(C)(C)CN)c(Cl)c1=O. The van der Waals surface area contributed by atoms with Crippen LogP contribution in [-0.2, 0) is 6.54 Å². The Labute approximate surface area is 125 Å². The van der Waals surface area contributed by atoms with E-state index >= 15 is 0 Å². The van der Waals surface area contributed by atoms with E-state index in [4.69, 9.17) is 17.3 Å². The third-order valence-corrected chi connectivity index (χ3v) is 3.52. The number of hydrogen-bond acceptors (Lipinski definition) is 4. The van der Waals surface area contributed by atoms with Crippen molar-refractivity contribution >= 4 is 17.3 Å². The first-order valence-corrected chi connectivity index (χ1v) is 7.05. The van der Waals surface area contributed by atoms with E-state index in [0.29, 0.717) is 25.3 Å². The van der Waals surface area contributed by atoms with Crippen molar-refractivity contribution in [2.24, 2.45) is 11.1 Å². The molecule has 0 aromatic carbocycles.